The van der Waals surface area contributed by atoms with Gasteiger partial charge in [0.2, 0.25) is 0 Å². The van der Waals surface area contributed by atoms with E-state index in [1.807, 2.05) is 70.2 Å². The van der Waals surface area contributed by atoms with E-state index in [0.29, 0.717) is 23.0 Å². The molecule has 0 spiro atoms. The molecule has 0 aliphatic carbocycles. The van der Waals surface area contributed by atoms with E-state index >= 15 is 0 Å². The number of nitrogens with zero attached hydrogens (tertiary/aromatic N) is 1. The monoisotopic (exact) mass is 379 g/mol. The van der Waals surface area contributed by atoms with Crippen LogP contribution in [0.3, 0.4) is 0 Å². The highest BCUT2D eigenvalue weighted by Gasteiger charge is 2.35. The van der Waals surface area contributed by atoms with E-state index in [0.717, 1.165) is 11.1 Å². The molecule has 4 heteroatoms. The number of aryl methyl sites for hydroxylation is 1. The topological polar surface area (TPSA) is 39.2 Å². The fourth-order valence-electron chi connectivity index (χ4n) is 3.55. The summed E-state index contributed by atoms with van der Waals surface area (Å²) < 4.78 is 20.1. The SMILES string of the molecule is Cc1nc2c(F)cccc2cc1CC(=O)C(C)(Cc1ccccc1)OC(C)C. The summed E-state index contributed by atoms with van der Waals surface area (Å²) in [6.45, 7) is 7.53. The molecule has 3 nitrogen and oxygen atoms in total. The van der Waals surface area contributed by atoms with Crippen molar-refractivity contribution in [1.82, 2.24) is 4.98 Å². The van der Waals surface area contributed by atoms with Crippen molar-refractivity contribution >= 4 is 16.7 Å². The number of carbonyl (C=O) groups is 1. The number of para-hydroxylation sites is 1. The highest BCUT2D eigenvalue weighted by molar-refractivity contribution is 5.90. The number of hydrogen-bond acceptors (Lipinski definition) is 3. The van der Waals surface area contributed by atoms with E-state index in [2.05, 4.69) is 4.98 Å². The van der Waals surface area contributed by atoms with Crippen molar-refractivity contribution in [3.63, 3.8) is 0 Å². The number of fused-ring (bicyclic) bond motifs is 1. The molecule has 0 aliphatic rings. The van der Waals surface area contributed by atoms with Gasteiger partial charge in [-0.1, -0.05) is 42.5 Å². The van der Waals surface area contributed by atoms with Crippen LogP contribution in [0.5, 0.6) is 0 Å². The van der Waals surface area contributed by atoms with Crippen LogP contribution in [0.1, 0.15) is 37.6 Å². The minimum atomic E-state index is -0.946. The van der Waals surface area contributed by atoms with Gasteiger partial charge in [0.1, 0.15) is 16.9 Å². The third-order valence-corrected chi connectivity index (χ3v) is 4.91. The number of benzene rings is 2. The predicted molar refractivity (Wildman–Crippen MR) is 110 cm³/mol. The Morgan fingerprint density at radius 3 is 2.54 bits per heavy atom. The number of halogens is 1. The standard InChI is InChI=1S/C24H26FNO2/c1-16(2)28-24(4,15-18-9-6-5-7-10-18)22(27)14-20-13-19-11-8-12-21(25)23(19)26-17(20)3/h5-13,16H,14-15H2,1-4H3. The zero-order valence-electron chi connectivity index (χ0n) is 16.8. The van der Waals surface area contributed by atoms with Crippen LogP contribution in [0.15, 0.2) is 54.6 Å². The number of pyridine rings is 1. The van der Waals surface area contributed by atoms with Crippen molar-refractivity contribution in [3.8, 4) is 0 Å². The van der Waals surface area contributed by atoms with Crippen LogP contribution in [0.4, 0.5) is 4.39 Å². The summed E-state index contributed by atoms with van der Waals surface area (Å²) in [5.41, 5.74) is 1.90. The zero-order valence-corrected chi connectivity index (χ0v) is 16.8. The molecule has 0 radical (unpaired) electrons. The van der Waals surface area contributed by atoms with Crippen LogP contribution in [0, 0.1) is 12.7 Å². The lowest BCUT2D eigenvalue weighted by molar-refractivity contribution is -0.147. The molecule has 1 atom stereocenters. The second-order valence-corrected chi connectivity index (χ2v) is 7.70. The molecular weight excluding hydrogens is 353 g/mol. The highest BCUT2D eigenvalue weighted by Crippen LogP contribution is 2.25. The van der Waals surface area contributed by atoms with Gasteiger partial charge in [-0.15, -0.1) is 0 Å². The summed E-state index contributed by atoms with van der Waals surface area (Å²) in [7, 11) is 0. The normalized spacial score (nSPS) is 13.6. The number of aromatic nitrogens is 1. The van der Waals surface area contributed by atoms with Gasteiger partial charge in [-0.25, -0.2) is 9.37 Å². The van der Waals surface area contributed by atoms with Gasteiger partial charge in [0.25, 0.3) is 0 Å². The van der Waals surface area contributed by atoms with Crippen LogP contribution in [0.25, 0.3) is 10.9 Å². The Kier molecular flexibility index (Phi) is 5.90. The molecule has 1 heterocycles. The van der Waals surface area contributed by atoms with E-state index in [1.165, 1.54) is 6.07 Å². The van der Waals surface area contributed by atoms with E-state index in [1.54, 1.807) is 6.07 Å². The van der Waals surface area contributed by atoms with E-state index in [-0.39, 0.29) is 24.1 Å². The smallest absolute Gasteiger partial charge is 0.169 e. The highest BCUT2D eigenvalue weighted by atomic mass is 19.1. The van der Waals surface area contributed by atoms with Crippen molar-refractivity contribution in [1.29, 1.82) is 0 Å². The third kappa shape index (κ3) is 4.45. The average molecular weight is 379 g/mol. The van der Waals surface area contributed by atoms with Crippen molar-refractivity contribution in [3.05, 3.63) is 77.2 Å². The van der Waals surface area contributed by atoms with Crippen LogP contribution in [-0.4, -0.2) is 22.5 Å². The first-order valence-corrected chi connectivity index (χ1v) is 9.58. The van der Waals surface area contributed by atoms with Gasteiger partial charge in [0.15, 0.2) is 5.78 Å². The molecule has 1 unspecified atom stereocenters. The fraction of sp³-hybridized carbons (Fsp3) is 0.333. The van der Waals surface area contributed by atoms with Gasteiger partial charge in [-0.3, -0.25) is 4.79 Å². The maximum Gasteiger partial charge on any atom is 0.169 e. The van der Waals surface area contributed by atoms with Gasteiger partial charge in [0.05, 0.1) is 6.10 Å². The molecule has 0 amide bonds. The number of Topliss-reactive ketones (excluding diaryl/α,β-unsaturated/α-hetero) is 1. The Morgan fingerprint density at radius 1 is 1.14 bits per heavy atom. The molecule has 3 rings (SSSR count). The molecule has 0 bridgehead atoms. The maximum atomic E-state index is 14.0. The minimum absolute atomic E-state index is 0.00861. The van der Waals surface area contributed by atoms with Gasteiger partial charge < -0.3 is 4.74 Å². The lowest BCUT2D eigenvalue weighted by Gasteiger charge is -2.31. The number of ketones is 1. The molecule has 3 aromatic rings. The molecule has 2 aromatic carbocycles. The summed E-state index contributed by atoms with van der Waals surface area (Å²) >= 11 is 0. The summed E-state index contributed by atoms with van der Waals surface area (Å²) in [6.07, 6.45) is 0.614. The molecule has 28 heavy (non-hydrogen) atoms. The Morgan fingerprint density at radius 2 is 1.86 bits per heavy atom. The number of hydrogen-bond donors (Lipinski definition) is 0. The summed E-state index contributed by atoms with van der Waals surface area (Å²) in [6, 6.07) is 16.6. The Labute approximate surface area is 165 Å². The van der Waals surface area contributed by atoms with Crippen LogP contribution < -0.4 is 0 Å². The maximum absolute atomic E-state index is 14.0. The number of rotatable bonds is 7. The van der Waals surface area contributed by atoms with E-state index in [9.17, 15) is 9.18 Å². The van der Waals surface area contributed by atoms with Crippen molar-refractivity contribution in [2.75, 3.05) is 0 Å². The molecule has 0 saturated heterocycles. The second kappa shape index (κ2) is 8.19. The minimum Gasteiger partial charge on any atom is -0.364 e. The average Bonchev–Trinajstić information content (AvgIpc) is 2.63. The largest absolute Gasteiger partial charge is 0.364 e. The van der Waals surface area contributed by atoms with Crippen LogP contribution >= 0.6 is 0 Å². The first-order chi connectivity index (χ1) is 13.3. The van der Waals surface area contributed by atoms with E-state index < -0.39 is 5.60 Å². The third-order valence-electron chi connectivity index (χ3n) is 4.91. The first kappa shape index (κ1) is 20.2. The summed E-state index contributed by atoms with van der Waals surface area (Å²) in [5, 5.41) is 0.697. The number of ether oxygens (including phenoxy) is 1. The van der Waals surface area contributed by atoms with Crippen molar-refractivity contribution in [2.45, 2.75) is 52.2 Å². The Balaban J connectivity index is 1.91. The molecule has 1 aromatic heterocycles. The van der Waals surface area contributed by atoms with Crippen molar-refractivity contribution in [2.24, 2.45) is 0 Å². The molecule has 0 N–H and O–H groups in total. The second-order valence-electron chi connectivity index (χ2n) is 7.70. The number of carbonyl (C=O) groups excluding carboxylic acids is 1. The fourth-order valence-corrected chi connectivity index (χ4v) is 3.55. The van der Waals surface area contributed by atoms with E-state index in [4.69, 9.17) is 4.74 Å². The Bertz CT molecular complexity index is 985. The molecule has 0 fully saturated rings. The summed E-state index contributed by atoms with van der Waals surface area (Å²) in [4.78, 5) is 17.7. The molecule has 0 saturated carbocycles. The molecular formula is C24H26FNO2. The quantitative estimate of drug-likeness (QED) is 0.565. The van der Waals surface area contributed by atoms with Gasteiger partial charge >= 0.3 is 0 Å². The lowest BCUT2D eigenvalue weighted by Crippen LogP contribution is -2.43. The van der Waals surface area contributed by atoms with Crippen LogP contribution in [-0.2, 0) is 22.4 Å². The van der Waals surface area contributed by atoms with Crippen molar-refractivity contribution < 1.29 is 13.9 Å². The lowest BCUT2D eigenvalue weighted by atomic mass is 9.87. The zero-order chi connectivity index (χ0) is 20.3. The molecule has 0 aliphatic heterocycles. The van der Waals surface area contributed by atoms with Gasteiger partial charge in [-0.2, -0.15) is 0 Å². The van der Waals surface area contributed by atoms with Gasteiger partial charge in [0, 0.05) is 23.9 Å². The van der Waals surface area contributed by atoms with Crippen LogP contribution in [0.2, 0.25) is 0 Å². The Hall–Kier alpha value is -2.59. The predicted octanol–water partition coefficient (Wildman–Crippen LogP) is 5.22. The first-order valence-electron chi connectivity index (χ1n) is 9.58. The van der Waals surface area contributed by atoms with Gasteiger partial charge in [-0.05, 0) is 51.0 Å². The summed E-state index contributed by atoms with van der Waals surface area (Å²) in [5.74, 6) is -0.360. The molecule has 146 valence electrons.